The molecule has 0 aliphatic carbocycles. The normalized spacial score (nSPS) is 10.7. The lowest BCUT2D eigenvalue weighted by atomic mass is 10.2. The number of nitrogens with zero attached hydrogens (tertiary/aromatic N) is 1. The first-order valence-electron chi connectivity index (χ1n) is 7.69. The van der Waals surface area contributed by atoms with Crippen LogP contribution in [0.15, 0.2) is 39.0 Å². The number of thioether (sulfide) groups is 1. The van der Waals surface area contributed by atoms with E-state index in [1.54, 1.807) is 23.1 Å². The molecule has 6 heteroatoms. The van der Waals surface area contributed by atoms with E-state index in [1.807, 2.05) is 19.1 Å². The van der Waals surface area contributed by atoms with Gasteiger partial charge in [-0.25, -0.2) is 4.98 Å². The molecule has 0 radical (unpaired) electrons. The van der Waals surface area contributed by atoms with Crippen molar-refractivity contribution in [3.8, 4) is 0 Å². The molecule has 0 aliphatic rings. The van der Waals surface area contributed by atoms with Gasteiger partial charge in [-0.15, -0.1) is 23.1 Å². The Hall–Kier alpha value is -0.850. The van der Waals surface area contributed by atoms with Crippen LogP contribution in [0.3, 0.4) is 0 Å². The number of amides is 1. The van der Waals surface area contributed by atoms with Gasteiger partial charge in [0.15, 0.2) is 0 Å². The van der Waals surface area contributed by atoms with Crippen LogP contribution < -0.4 is 5.32 Å². The highest BCUT2D eigenvalue weighted by molar-refractivity contribution is 9.10. The molecule has 1 N–H and O–H groups in total. The minimum Gasteiger partial charge on any atom is -0.356 e. The van der Waals surface area contributed by atoms with Gasteiger partial charge in [0.05, 0.1) is 5.01 Å². The lowest BCUT2D eigenvalue weighted by Crippen LogP contribution is -2.24. The highest BCUT2D eigenvalue weighted by atomic mass is 79.9. The molecule has 0 atom stereocenters. The van der Waals surface area contributed by atoms with Crippen molar-refractivity contribution >= 4 is 44.9 Å². The number of aromatic nitrogens is 1. The van der Waals surface area contributed by atoms with Gasteiger partial charge in [0.1, 0.15) is 0 Å². The van der Waals surface area contributed by atoms with Crippen LogP contribution in [0.2, 0.25) is 0 Å². The van der Waals surface area contributed by atoms with Crippen LogP contribution in [-0.2, 0) is 11.2 Å². The second-order valence-electron chi connectivity index (χ2n) is 5.24. The van der Waals surface area contributed by atoms with Gasteiger partial charge in [-0.3, -0.25) is 4.79 Å². The summed E-state index contributed by atoms with van der Waals surface area (Å²) in [5.74, 6) is 0.950. The zero-order valence-corrected chi connectivity index (χ0v) is 16.4. The minimum atomic E-state index is 0.139. The average Bonchev–Trinajstić information content (AvgIpc) is 2.94. The molecule has 23 heavy (non-hydrogen) atoms. The number of hydrogen-bond donors (Lipinski definition) is 1. The van der Waals surface area contributed by atoms with Crippen molar-refractivity contribution in [2.24, 2.45) is 0 Å². The number of nitrogens with one attached hydrogen (secondary N) is 1. The molecule has 3 nitrogen and oxygen atoms in total. The fraction of sp³-hybridized carbons (Fsp3) is 0.412. The smallest absolute Gasteiger partial charge is 0.220 e. The first-order chi connectivity index (χ1) is 11.1. The number of aryl methyl sites for hydroxylation is 2. The van der Waals surface area contributed by atoms with Crippen molar-refractivity contribution in [1.82, 2.24) is 10.3 Å². The molecule has 124 valence electrons. The van der Waals surface area contributed by atoms with Gasteiger partial charge in [0.2, 0.25) is 5.91 Å². The summed E-state index contributed by atoms with van der Waals surface area (Å²) >= 11 is 6.85. The van der Waals surface area contributed by atoms with Crippen LogP contribution >= 0.6 is 39.0 Å². The number of rotatable bonds is 9. The van der Waals surface area contributed by atoms with Gasteiger partial charge in [-0.2, -0.15) is 0 Å². The van der Waals surface area contributed by atoms with Gasteiger partial charge in [-0.1, -0.05) is 15.9 Å². The Morgan fingerprint density at radius 1 is 1.30 bits per heavy atom. The van der Waals surface area contributed by atoms with E-state index in [1.165, 1.54) is 9.90 Å². The van der Waals surface area contributed by atoms with Gasteiger partial charge in [-0.05, 0) is 50.5 Å². The number of hydrogen-bond acceptors (Lipinski definition) is 4. The molecule has 1 aromatic carbocycles. The van der Waals surface area contributed by atoms with Crippen LogP contribution in [0.1, 0.15) is 30.0 Å². The average molecular weight is 413 g/mol. The van der Waals surface area contributed by atoms with E-state index in [0.29, 0.717) is 6.42 Å². The third kappa shape index (κ3) is 7.50. The summed E-state index contributed by atoms with van der Waals surface area (Å²) in [7, 11) is 0. The molecule has 0 aliphatic heterocycles. The van der Waals surface area contributed by atoms with Crippen molar-refractivity contribution in [3.63, 3.8) is 0 Å². The third-order valence-corrected chi connectivity index (χ3v) is 5.79. The zero-order valence-electron chi connectivity index (χ0n) is 13.2. The van der Waals surface area contributed by atoms with Crippen molar-refractivity contribution in [1.29, 1.82) is 0 Å². The van der Waals surface area contributed by atoms with Gasteiger partial charge in [0, 0.05) is 39.2 Å². The number of halogens is 1. The molecule has 0 saturated carbocycles. The summed E-state index contributed by atoms with van der Waals surface area (Å²) in [6.07, 6.45) is 3.64. The van der Waals surface area contributed by atoms with Crippen LogP contribution in [0, 0.1) is 6.92 Å². The molecule has 1 amide bonds. The van der Waals surface area contributed by atoms with Gasteiger partial charge in [0.25, 0.3) is 0 Å². The quantitative estimate of drug-likeness (QED) is 0.473. The lowest BCUT2D eigenvalue weighted by Gasteiger charge is -2.05. The number of benzene rings is 1. The maximum absolute atomic E-state index is 11.8. The molecular formula is C17H21BrN2OS2. The minimum absolute atomic E-state index is 0.139. The predicted molar refractivity (Wildman–Crippen MR) is 102 cm³/mol. The first-order valence-corrected chi connectivity index (χ1v) is 10.4. The monoisotopic (exact) mass is 412 g/mol. The van der Waals surface area contributed by atoms with Crippen molar-refractivity contribution in [2.75, 3.05) is 12.3 Å². The predicted octanol–water partition coefficient (Wildman–Crippen LogP) is 4.84. The molecule has 0 bridgehead atoms. The SMILES string of the molecule is Cc1csc(CCCCNC(=O)CCSc2ccc(Br)cc2)n1. The molecule has 0 fully saturated rings. The van der Waals surface area contributed by atoms with Crippen molar-refractivity contribution < 1.29 is 4.79 Å². The number of carbonyl (C=O) groups excluding carboxylic acids is 1. The van der Waals surface area contributed by atoms with Gasteiger partial charge >= 0.3 is 0 Å². The van der Waals surface area contributed by atoms with Crippen LogP contribution in [0.5, 0.6) is 0 Å². The fourth-order valence-corrected chi connectivity index (χ4v) is 3.96. The molecule has 2 rings (SSSR count). The van der Waals surface area contributed by atoms with Crippen LogP contribution in [-0.4, -0.2) is 23.2 Å². The second-order valence-corrected chi connectivity index (χ2v) is 8.27. The van der Waals surface area contributed by atoms with E-state index in [4.69, 9.17) is 0 Å². The van der Waals surface area contributed by atoms with E-state index in [9.17, 15) is 4.79 Å². The largest absolute Gasteiger partial charge is 0.356 e. The van der Waals surface area contributed by atoms with Gasteiger partial charge < -0.3 is 5.32 Å². The van der Waals surface area contributed by atoms with E-state index in [2.05, 4.69) is 43.7 Å². The highest BCUT2D eigenvalue weighted by Crippen LogP contribution is 2.21. The van der Waals surface area contributed by atoms with E-state index < -0.39 is 0 Å². The summed E-state index contributed by atoms with van der Waals surface area (Å²) in [5, 5.41) is 6.27. The standard InChI is InChI=1S/C17H21BrN2OS2/c1-13-12-23-17(20-13)4-2-3-10-19-16(21)9-11-22-15-7-5-14(18)6-8-15/h5-8,12H,2-4,9-11H2,1H3,(H,19,21). The molecule has 0 spiro atoms. The number of thiazole rings is 1. The molecule has 2 aromatic rings. The van der Waals surface area contributed by atoms with E-state index in [0.717, 1.165) is 41.7 Å². The molecule has 1 aromatic heterocycles. The fourth-order valence-electron chi connectivity index (χ4n) is 2.03. The Labute approximate surface area is 154 Å². The van der Waals surface area contributed by atoms with E-state index >= 15 is 0 Å². The van der Waals surface area contributed by atoms with E-state index in [-0.39, 0.29) is 5.91 Å². The maximum atomic E-state index is 11.8. The number of carbonyl (C=O) groups is 1. The summed E-state index contributed by atoms with van der Waals surface area (Å²) < 4.78 is 1.08. The Balaban J connectivity index is 1.50. The summed E-state index contributed by atoms with van der Waals surface area (Å²) in [6.45, 7) is 2.78. The van der Waals surface area contributed by atoms with Crippen molar-refractivity contribution in [2.45, 2.75) is 37.5 Å². The van der Waals surface area contributed by atoms with Crippen LogP contribution in [0.4, 0.5) is 0 Å². The Morgan fingerprint density at radius 3 is 2.78 bits per heavy atom. The van der Waals surface area contributed by atoms with Crippen molar-refractivity contribution in [3.05, 3.63) is 44.8 Å². The zero-order chi connectivity index (χ0) is 16.5. The number of unbranched alkanes of at least 4 members (excludes halogenated alkanes) is 1. The summed E-state index contributed by atoms with van der Waals surface area (Å²) in [4.78, 5) is 17.4. The Morgan fingerprint density at radius 2 is 2.09 bits per heavy atom. The third-order valence-electron chi connectivity index (χ3n) is 3.22. The first kappa shape index (κ1) is 18.5. The Kier molecular flexibility index (Phi) is 8.12. The second kappa shape index (κ2) is 10.1. The van der Waals surface area contributed by atoms with Crippen LogP contribution in [0.25, 0.3) is 0 Å². The summed E-state index contributed by atoms with van der Waals surface area (Å²) in [5.41, 5.74) is 1.10. The summed E-state index contributed by atoms with van der Waals surface area (Å²) in [6, 6.07) is 8.17. The topological polar surface area (TPSA) is 42.0 Å². The Bertz CT molecular complexity index is 613. The molecule has 0 unspecified atom stereocenters. The molecule has 1 heterocycles. The maximum Gasteiger partial charge on any atom is 0.220 e. The molecule has 0 saturated heterocycles. The molecular weight excluding hydrogens is 392 g/mol. The lowest BCUT2D eigenvalue weighted by molar-refractivity contribution is -0.120. The highest BCUT2D eigenvalue weighted by Gasteiger charge is 2.03.